The molecule has 0 aliphatic heterocycles. The molecular weight excluding hydrogens is 375 g/mol. The minimum Gasteiger partial charge on any atom is -0.368 e. The van der Waals surface area contributed by atoms with Crippen molar-refractivity contribution in [3.05, 3.63) is 13.0 Å². The van der Waals surface area contributed by atoms with E-state index in [1.54, 1.807) is 20.8 Å². The van der Waals surface area contributed by atoms with Gasteiger partial charge in [-0.2, -0.15) is 20.8 Å². The summed E-state index contributed by atoms with van der Waals surface area (Å²) in [5.41, 5.74) is 0. The van der Waals surface area contributed by atoms with Crippen molar-refractivity contribution in [2.45, 2.75) is 52.7 Å². The molecule has 8 heteroatoms. The van der Waals surface area contributed by atoms with Crippen molar-refractivity contribution in [1.29, 1.82) is 0 Å². The summed E-state index contributed by atoms with van der Waals surface area (Å²) in [5.74, 6) is 1.07. The number of rotatable bonds is 5. The molecule has 0 aromatic rings. The average Bonchev–Trinajstić information content (AvgIpc) is 2.14. The van der Waals surface area contributed by atoms with Gasteiger partial charge in [0.25, 0.3) is 0 Å². The zero-order chi connectivity index (χ0) is 15.9. The van der Waals surface area contributed by atoms with E-state index >= 15 is 0 Å². The monoisotopic (exact) mass is 402 g/mol. The van der Waals surface area contributed by atoms with Gasteiger partial charge in [-0.25, -0.2) is 16.8 Å². The molecule has 20 heavy (non-hydrogen) atoms. The normalized spacial score (nSPS) is 12.4. The third-order valence-corrected chi connectivity index (χ3v) is 5.94. The first-order chi connectivity index (χ1) is 8.25. The summed E-state index contributed by atoms with van der Waals surface area (Å²) in [5, 5.41) is 0. The Bertz CT molecular complexity index is 434. The number of sulfone groups is 1. The van der Waals surface area contributed by atoms with E-state index in [1.165, 1.54) is 5.92 Å². The fourth-order valence-electron chi connectivity index (χ4n) is 0.817. The Hall–Kier alpha value is 0.964. The van der Waals surface area contributed by atoms with Crippen LogP contribution in [0.2, 0.25) is 0 Å². The minimum absolute atomic E-state index is 0. The fourth-order valence-corrected chi connectivity index (χ4v) is 2.81. The topological polar surface area (TPSA) is 80.3 Å². The van der Waals surface area contributed by atoms with Gasteiger partial charge < -0.3 is 10.6 Å². The molecular formula is C12H27NO4S2Y-2. The molecule has 0 saturated heterocycles. The molecule has 0 heterocycles. The van der Waals surface area contributed by atoms with E-state index in [1.807, 2.05) is 4.72 Å². The summed E-state index contributed by atoms with van der Waals surface area (Å²) < 4.78 is 46.2. The first kappa shape index (κ1) is 25.9. The molecule has 5 nitrogen and oxygen atoms in total. The summed E-state index contributed by atoms with van der Waals surface area (Å²) >= 11 is 0. The van der Waals surface area contributed by atoms with Gasteiger partial charge in [0.1, 0.15) is 0 Å². The summed E-state index contributed by atoms with van der Waals surface area (Å²) in [6, 6.07) is 0. The Labute approximate surface area is 150 Å². The van der Waals surface area contributed by atoms with Gasteiger partial charge in [0, 0.05) is 32.7 Å². The Morgan fingerprint density at radius 2 is 1.35 bits per heavy atom. The first-order valence-corrected chi connectivity index (χ1v) is 9.31. The van der Waals surface area contributed by atoms with Crippen LogP contribution in [0.1, 0.15) is 48.0 Å². The van der Waals surface area contributed by atoms with Crippen LogP contribution in [0.3, 0.4) is 0 Å². The molecule has 0 saturated carbocycles. The maximum atomic E-state index is 11.6. The number of hydrogen-bond acceptors (Lipinski definition) is 4. The minimum atomic E-state index is -3.41. The second-order valence-corrected chi connectivity index (χ2v) is 10.5. The van der Waals surface area contributed by atoms with E-state index < -0.39 is 24.6 Å². The second-order valence-electron chi connectivity index (χ2n) is 5.75. The standard InChI is InChI=1S/C8H18NO4S2.C4H9.Y/c1-8(2,3)14(10,11)6-5-7-15(12,13)9-4;1-4(2)3;/h9H,4-7H2,1-3H3;1-3H3;/q2*-1;. The van der Waals surface area contributed by atoms with Crippen LogP contribution in [-0.4, -0.2) is 33.1 Å². The van der Waals surface area contributed by atoms with Crippen molar-refractivity contribution in [1.82, 2.24) is 4.72 Å². The van der Waals surface area contributed by atoms with Gasteiger partial charge in [-0.15, -0.1) is 0 Å². The van der Waals surface area contributed by atoms with Crippen LogP contribution in [0.15, 0.2) is 0 Å². The molecule has 0 rings (SSSR count). The second kappa shape index (κ2) is 10.7. The van der Waals surface area contributed by atoms with Gasteiger partial charge in [0.05, 0.1) is 16.3 Å². The molecule has 0 spiro atoms. The third kappa shape index (κ3) is 13.9. The Balaban J connectivity index is -0.000000508. The SMILES string of the molecule is C[C-](C)C.[CH2-]NS(=O)(=O)CCCS(=O)(=O)C(C)(C)C.[Y]. The van der Waals surface area contributed by atoms with Gasteiger partial charge in [-0.1, -0.05) is 0 Å². The maximum Gasteiger partial charge on any atom is 0.184 e. The molecule has 0 aliphatic rings. The molecule has 1 N–H and O–H groups in total. The summed E-state index contributed by atoms with van der Waals surface area (Å²) in [6.07, 6.45) is 0.0878. The van der Waals surface area contributed by atoms with Gasteiger partial charge in [0.15, 0.2) is 19.9 Å². The van der Waals surface area contributed by atoms with E-state index in [0.717, 1.165) is 0 Å². The summed E-state index contributed by atoms with van der Waals surface area (Å²) in [4.78, 5) is 0. The van der Waals surface area contributed by atoms with Gasteiger partial charge in [-0.3, -0.25) is 7.05 Å². The van der Waals surface area contributed by atoms with Crippen LogP contribution >= 0.6 is 0 Å². The smallest absolute Gasteiger partial charge is 0.184 e. The van der Waals surface area contributed by atoms with Crippen LogP contribution in [0, 0.1) is 13.0 Å². The maximum absolute atomic E-state index is 11.6. The van der Waals surface area contributed by atoms with Crippen molar-refractivity contribution in [3.8, 4) is 0 Å². The zero-order valence-electron chi connectivity index (χ0n) is 13.4. The quantitative estimate of drug-likeness (QED) is 0.713. The van der Waals surface area contributed by atoms with Gasteiger partial charge >= 0.3 is 0 Å². The molecule has 0 aromatic carbocycles. The third-order valence-electron chi connectivity index (χ3n) is 1.98. The number of nitrogens with one attached hydrogen (secondary N) is 1. The van der Waals surface area contributed by atoms with E-state index in [-0.39, 0.29) is 50.6 Å². The molecule has 1 radical (unpaired) electrons. The van der Waals surface area contributed by atoms with Crippen molar-refractivity contribution in [2.75, 3.05) is 11.5 Å². The van der Waals surface area contributed by atoms with Crippen LogP contribution in [0.4, 0.5) is 0 Å². The average molecular weight is 402 g/mol. The fraction of sp³-hybridized carbons (Fsp3) is 0.833. The predicted molar refractivity (Wildman–Crippen MR) is 80.7 cm³/mol. The van der Waals surface area contributed by atoms with E-state index in [2.05, 4.69) is 27.8 Å². The van der Waals surface area contributed by atoms with E-state index in [0.29, 0.717) is 0 Å². The molecule has 0 amide bonds. The molecule has 0 bridgehead atoms. The number of sulfonamides is 1. The summed E-state index contributed by atoms with van der Waals surface area (Å²) in [7, 11) is -3.62. The van der Waals surface area contributed by atoms with E-state index in [4.69, 9.17) is 0 Å². The van der Waals surface area contributed by atoms with Crippen LogP contribution < -0.4 is 4.72 Å². The van der Waals surface area contributed by atoms with Gasteiger partial charge in [-0.05, 0) is 27.2 Å². The molecule has 0 aliphatic carbocycles. The number of hydrogen-bond donors (Lipinski definition) is 1. The molecule has 0 aromatic heterocycles. The van der Waals surface area contributed by atoms with Crippen molar-refractivity contribution >= 4 is 19.9 Å². The Morgan fingerprint density at radius 3 is 1.60 bits per heavy atom. The first-order valence-electron chi connectivity index (χ1n) is 6.01. The molecule has 0 atom stereocenters. The predicted octanol–water partition coefficient (Wildman–Crippen LogP) is 1.92. The Morgan fingerprint density at radius 1 is 1.00 bits per heavy atom. The van der Waals surface area contributed by atoms with Crippen LogP contribution in [-0.2, 0) is 52.6 Å². The summed E-state index contributed by atoms with van der Waals surface area (Å²) in [6.45, 7) is 11.0. The molecule has 121 valence electrons. The van der Waals surface area contributed by atoms with E-state index in [9.17, 15) is 16.8 Å². The van der Waals surface area contributed by atoms with Gasteiger partial charge in [0.2, 0.25) is 0 Å². The van der Waals surface area contributed by atoms with Crippen molar-refractivity contribution < 1.29 is 49.5 Å². The van der Waals surface area contributed by atoms with Crippen molar-refractivity contribution in [3.63, 3.8) is 0 Å². The molecule has 0 unspecified atom stereocenters. The zero-order valence-corrected chi connectivity index (χ0v) is 17.8. The van der Waals surface area contributed by atoms with Crippen LogP contribution in [0.5, 0.6) is 0 Å². The van der Waals surface area contributed by atoms with Crippen molar-refractivity contribution in [2.24, 2.45) is 0 Å². The largest absolute Gasteiger partial charge is 0.368 e. The Kier molecular flexibility index (Phi) is 13.8. The van der Waals surface area contributed by atoms with Crippen LogP contribution in [0.25, 0.3) is 0 Å². The molecule has 0 fully saturated rings.